The quantitative estimate of drug-likeness (QED) is 0.894. The summed E-state index contributed by atoms with van der Waals surface area (Å²) in [4.78, 5) is 28.3. The summed E-state index contributed by atoms with van der Waals surface area (Å²) >= 11 is 1.28. The Hall–Kier alpha value is -2.41. The molecular weight excluding hydrogens is 329 g/mol. The molecule has 0 aliphatic carbocycles. The summed E-state index contributed by atoms with van der Waals surface area (Å²) in [6.07, 6.45) is 1.69. The lowest BCUT2D eigenvalue weighted by Gasteiger charge is -2.22. The number of hydrogen-bond donors (Lipinski definition) is 2. The molecule has 0 saturated carbocycles. The van der Waals surface area contributed by atoms with E-state index in [-0.39, 0.29) is 30.6 Å². The van der Waals surface area contributed by atoms with Gasteiger partial charge in [0.1, 0.15) is 10.8 Å². The molecule has 0 saturated heterocycles. The third-order valence-corrected chi connectivity index (χ3v) is 4.89. The molecule has 2 heterocycles. The lowest BCUT2D eigenvalue weighted by Crippen LogP contribution is -2.34. The Bertz CT molecular complexity index is 797. The van der Waals surface area contributed by atoms with Crippen LogP contribution in [0.3, 0.4) is 0 Å². The second-order valence-corrected chi connectivity index (χ2v) is 6.71. The molecule has 1 atom stereocenters. The molecule has 1 aromatic carbocycles. The highest BCUT2D eigenvalue weighted by Gasteiger charge is 2.29. The topological polar surface area (TPSA) is 71.1 Å². The Balaban J connectivity index is 1.57. The fourth-order valence-corrected chi connectivity index (χ4v) is 3.34. The lowest BCUT2D eigenvalue weighted by atomic mass is 10.1. The summed E-state index contributed by atoms with van der Waals surface area (Å²) in [6, 6.07) is 8.35. The molecule has 0 radical (unpaired) electrons. The second kappa shape index (κ2) is 7.00. The number of pyridine rings is 1. The fraction of sp³-hybridized carbons (Fsp3) is 0.235. The molecule has 5 nitrogen and oxygen atoms in total. The van der Waals surface area contributed by atoms with Crippen molar-refractivity contribution in [3.8, 4) is 0 Å². The van der Waals surface area contributed by atoms with Crippen molar-refractivity contribution in [3.05, 3.63) is 53.5 Å². The number of rotatable bonds is 4. The molecule has 124 valence electrons. The maximum atomic E-state index is 13.5. The molecule has 1 unspecified atom stereocenters. The first-order valence-corrected chi connectivity index (χ1v) is 8.35. The minimum atomic E-state index is -0.526. The molecule has 3 rings (SSSR count). The van der Waals surface area contributed by atoms with Crippen LogP contribution in [0.25, 0.3) is 0 Å². The Morgan fingerprint density at radius 2 is 2.25 bits per heavy atom. The molecule has 2 aromatic rings. The van der Waals surface area contributed by atoms with Crippen LogP contribution in [0, 0.1) is 12.7 Å². The van der Waals surface area contributed by atoms with E-state index in [2.05, 4.69) is 15.6 Å². The number of nitrogens with one attached hydrogen (secondary N) is 2. The summed E-state index contributed by atoms with van der Waals surface area (Å²) in [5, 5.41) is 5.65. The van der Waals surface area contributed by atoms with E-state index < -0.39 is 5.25 Å². The third-order valence-electron chi connectivity index (χ3n) is 3.67. The zero-order valence-electron chi connectivity index (χ0n) is 13.0. The van der Waals surface area contributed by atoms with Gasteiger partial charge in [-0.3, -0.25) is 9.59 Å². The number of aryl methyl sites for hydroxylation is 1. The van der Waals surface area contributed by atoms with Crippen molar-refractivity contribution in [2.75, 3.05) is 5.32 Å². The highest BCUT2D eigenvalue weighted by atomic mass is 32.2. The normalized spacial score (nSPS) is 16.2. The Labute approximate surface area is 143 Å². The minimum absolute atomic E-state index is 0.0425. The van der Waals surface area contributed by atoms with E-state index >= 15 is 0 Å². The van der Waals surface area contributed by atoms with E-state index in [9.17, 15) is 14.0 Å². The van der Waals surface area contributed by atoms with E-state index in [0.717, 1.165) is 0 Å². The average molecular weight is 345 g/mol. The summed E-state index contributed by atoms with van der Waals surface area (Å²) in [5.41, 5.74) is 1.91. The van der Waals surface area contributed by atoms with Gasteiger partial charge in [0.2, 0.25) is 11.8 Å². The summed E-state index contributed by atoms with van der Waals surface area (Å²) in [6.45, 7) is 1.91. The molecule has 0 fully saturated rings. The van der Waals surface area contributed by atoms with E-state index in [0.29, 0.717) is 21.8 Å². The van der Waals surface area contributed by atoms with E-state index in [1.54, 1.807) is 37.4 Å². The predicted molar refractivity (Wildman–Crippen MR) is 90.1 cm³/mol. The van der Waals surface area contributed by atoms with Crippen molar-refractivity contribution in [1.29, 1.82) is 0 Å². The molecule has 2 amide bonds. The van der Waals surface area contributed by atoms with Crippen molar-refractivity contribution >= 4 is 29.3 Å². The van der Waals surface area contributed by atoms with Gasteiger partial charge in [-0.25, -0.2) is 9.37 Å². The number of amides is 2. The molecule has 24 heavy (non-hydrogen) atoms. The summed E-state index contributed by atoms with van der Waals surface area (Å²) < 4.78 is 13.5. The van der Waals surface area contributed by atoms with Crippen LogP contribution in [0.5, 0.6) is 0 Å². The molecule has 1 aromatic heterocycles. The van der Waals surface area contributed by atoms with Crippen LogP contribution in [-0.2, 0) is 16.1 Å². The van der Waals surface area contributed by atoms with Crippen molar-refractivity contribution in [2.24, 2.45) is 0 Å². The second-order valence-electron chi connectivity index (χ2n) is 5.52. The van der Waals surface area contributed by atoms with Crippen molar-refractivity contribution in [1.82, 2.24) is 10.3 Å². The van der Waals surface area contributed by atoms with Crippen molar-refractivity contribution in [2.45, 2.75) is 30.2 Å². The van der Waals surface area contributed by atoms with Gasteiger partial charge >= 0.3 is 0 Å². The Kier molecular flexibility index (Phi) is 4.80. The molecule has 2 N–H and O–H groups in total. The number of thioether (sulfide) groups is 1. The van der Waals surface area contributed by atoms with Crippen LogP contribution < -0.4 is 10.6 Å². The Morgan fingerprint density at radius 3 is 3.04 bits per heavy atom. The largest absolute Gasteiger partial charge is 0.352 e. The molecular formula is C17H16FN3O2S. The summed E-state index contributed by atoms with van der Waals surface area (Å²) in [5.74, 6) is -0.772. The van der Waals surface area contributed by atoms with E-state index in [1.165, 1.54) is 17.8 Å². The van der Waals surface area contributed by atoms with Crippen molar-refractivity contribution in [3.63, 3.8) is 0 Å². The highest BCUT2D eigenvalue weighted by molar-refractivity contribution is 8.00. The van der Waals surface area contributed by atoms with Gasteiger partial charge in [-0.1, -0.05) is 23.9 Å². The number of benzene rings is 1. The highest BCUT2D eigenvalue weighted by Crippen LogP contribution is 2.34. The average Bonchev–Trinajstić information content (AvgIpc) is 2.56. The number of anilines is 1. The molecule has 7 heteroatoms. The zero-order chi connectivity index (χ0) is 17.1. The van der Waals surface area contributed by atoms with Crippen LogP contribution >= 0.6 is 11.8 Å². The minimum Gasteiger partial charge on any atom is -0.352 e. The first-order chi connectivity index (χ1) is 11.5. The van der Waals surface area contributed by atoms with Crippen LogP contribution in [0.15, 0.2) is 41.6 Å². The number of fused-ring (bicyclic) bond motifs is 1. The van der Waals surface area contributed by atoms with Crippen LogP contribution in [0.1, 0.15) is 17.5 Å². The first kappa shape index (κ1) is 16.4. The smallest absolute Gasteiger partial charge is 0.238 e. The molecule has 0 bridgehead atoms. The van der Waals surface area contributed by atoms with Gasteiger partial charge in [0, 0.05) is 19.2 Å². The van der Waals surface area contributed by atoms with E-state index in [4.69, 9.17) is 0 Å². The number of carbonyl (C=O) groups excluding carboxylic acids is 2. The number of aromatic nitrogens is 1. The predicted octanol–water partition coefficient (Wildman–Crippen LogP) is 2.65. The monoisotopic (exact) mass is 345 g/mol. The van der Waals surface area contributed by atoms with Gasteiger partial charge in [-0.15, -0.1) is 0 Å². The van der Waals surface area contributed by atoms with Crippen LogP contribution in [-0.4, -0.2) is 22.0 Å². The van der Waals surface area contributed by atoms with Gasteiger partial charge in [-0.05, 0) is 36.2 Å². The number of hydrogen-bond acceptors (Lipinski definition) is 4. The Morgan fingerprint density at radius 1 is 1.42 bits per heavy atom. The molecule has 1 aliphatic heterocycles. The van der Waals surface area contributed by atoms with E-state index in [1.807, 2.05) is 0 Å². The molecule has 0 spiro atoms. The lowest BCUT2D eigenvalue weighted by molar-refractivity contribution is -0.124. The summed E-state index contributed by atoms with van der Waals surface area (Å²) in [7, 11) is 0. The van der Waals surface area contributed by atoms with Gasteiger partial charge < -0.3 is 10.6 Å². The van der Waals surface area contributed by atoms with Crippen molar-refractivity contribution < 1.29 is 14.0 Å². The fourth-order valence-electron chi connectivity index (χ4n) is 2.30. The number of nitrogens with zero attached hydrogens (tertiary/aromatic N) is 1. The zero-order valence-corrected chi connectivity index (χ0v) is 13.8. The van der Waals surface area contributed by atoms with Crippen LogP contribution in [0.2, 0.25) is 0 Å². The standard InChI is InChI=1S/C17H16FN3O2S/c1-10-4-5-11(7-12(10)18)9-20-15(22)8-14-16(23)21-13-3-2-6-19-17(13)24-14/h2-7,14H,8-9H2,1H3,(H,20,22)(H,21,23). The number of carbonyl (C=O) groups is 2. The maximum absolute atomic E-state index is 13.5. The van der Waals surface area contributed by atoms with Gasteiger partial charge in [-0.2, -0.15) is 0 Å². The maximum Gasteiger partial charge on any atom is 0.238 e. The van der Waals surface area contributed by atoms with Gasteiger partial charge in [0.15, 0.2) is 0 Å². The SMILES string of the molecule is Cc1ccc(CNC(=O)CC2Sc3ncccc3NC2=O)cc1F. The third kappa shape index (κ3) is 3.73. The van der Waals surface area contributed by atoms with Crippen LogP contribution in [0.4, 0.5) is 10.1 Å². The van der Waals surface area contributed by atoms with Gasteiger partial charge in [0.05, 0.1) is 10.9 Å². The van der Waals surface area contributed by atoms with Gasteiger partial charge in [0.25, 0.3) is 0 Å². The number of halogens is 1. The first-order valence-electron chi connectivity index (χ1n) is 7.47. The molecule has 1 aliphatic rings.